The van der Waals surface area contributed by atoms with Gasteiger partial charge in [0.1, 0.15) is 17.3 Å². The molecule has 2 rings (SSSR count). The third-order valence-corrected chi connectivity index (χ3v) is 5.89. The number of amides is 1. The largest absolute Gasteiger partial charge is 0.379 e. The third-order valence-electron chi connectivity index (χ3n) is 5.89. The number of Topliss-reactive ketones (excluding diaryl/α,β-unsaturated/α-hetero) is 3. The van der Waals surface area contributed by atoms with Gasteiger partial charge in [-0.3, -0.25) is 29.1 Å². The average molecular weight is 526 g/mol. The van der Waals surface area contributed by atoms with Crippen LogP contribution in [0.4, 0.5) is 0 Å². The molecule has 2 heterocycles. The number of hydrogen-bond donors (Lipinski definition) is 1. The first kappa shape index (κ1) is 30.9. The van der Waals surface area contributed by atoms with Crippen LogP contribution in [0.5, 0.6) is 0 Å². The Balaban J connectivity index is 1.98. The quantitative estimate of drug-likeness (QED) is 0.242. The monoisotopic (exact) mass is 525 g/mol. The first-order valence-electron chi connectivity index (χ1n) is 13.1. The van der Waals surface area contributed by atoms with Crippen LogP contribution in [0.15, 0.2) is 36.7 Å². The summed E-state index contributed by atoms with van der Waals surface area (Å²) in [6.07, 6.45) is 4.13. The maximum absolute atomic E-state index is 12.9. The summed E-state index contributed by atoms with van der Waals surface area (Å²) in [7, 11) is 0. The number of nitrogens with zero attached hydrogens (tertiary/aromatic N) is 2. The molecule has 0 aliphatic carbocycles. The first-order chi connectivity index (χ1) is 18.1. The van der Waals surface area contributed by atoms with Crippen molar-refractivity contribution in [1.82, 2.24) is 15.3 Å². The highest BCUT2D eigenvalue weighted by Crippen LogP contribution is 2.17. The molecule has 0 radical (unpaired) electrons. The number of rotatable bonds is 17. The molecule has 0 fully saturated rings. The molecule has 38 heavy (non-hydrogen) atoms. The van der Waals surface area contributed by atoms with Gasteiger partial charge >= 0.3 is 0 Å². The van der Waals surface area contributed by atoms with Crippen LogP contribution < -0.4 is 5.32 Å². The molecule has 0 saturated heterocycles. The van der Waals surface area contributed by atoms with Gasteiger partial charge in [0, 0.05) is 49.1 Å². The van der Waals surface area contributed by atoms with Gasteiger partial charge in [-0.05, 0) is 24.3 Å². The molecule has 0 aliphatic rings. The highest BCUT2D eigenvalue weighted by Gasteiger charge is 2.17. The maximum atomic E-state index is 12.9. The van der Waals surface area contributed by atoms with E-state index in [-0.39, 0.29) is 61.5 Å². The van der Waals surface area contributed by atoms with Gasteiger partial charge in [-0.25, -0.2) is 0 Å². The zero-order valence-corrected chi connectivity index (χ0v) is 23.0. The van der Waals surface area contributed by atoms with Gasteiger partial charge in [0.15, 0.2) is 5.78 Å². The molecule has 9 nitrogen and oxygen atoms in total. The molecular formula is C29H39N3O6. The summed E-state index contributed by atoms with van der Waals surface area (Å²) in [4.78, 5) is 56.9. The van der Waals surface area contributed by atoms with Crippen molar-refractivity contribution in [3.05, 3.63) is 47.9 Å². The minimum Gasteiger partial charge on any atom is -0.379 e. The Labute approximate surface area is 224 Å². The zero-order valence-electron chi connectivity index (χ0n) is 23.0. The highest BCUT2D eigenvalue weighted by atomic mass is 16.5. The van der Waals surface area contributed by atoms with Gasteiger partial charge in [0.2, 0.25) is 0 Å². The van der Waals surface area contributed by atoms with Crippen LogP contribution in [0, 0.1) is 11.8 Å². The summed E-state index contributed by atoms with van der Waals surface area (Å²) < 4.78 is 11.3. The van der Waals surface area contributed by atoms with Gasteiger partial charge in [0.25, 0.3) is 5.91 Å². The van der Waals surface area contributed by atoms with Crippen LogP contribution in [0.3, 0.4) is 0 Å². The second-order valence-electron chi connectivity index (χ2n) is 9.72. The lowest BCUT2D eigenvalue weighted by Gasteiger charge is -2.19. The molecule has 1 N–H and O–H groups in total. The van der Waals surface area contributed by atoms with Gasteiger partial charge in [0.05, 0.1) is 43.7 Å². The Kier molecular flexibility index (Phi) is 12.9. The predicted molar refractivity (Wildman–Crippen MR) is 144 cm³/mol. The summed E-state index contributed by atoms with van der Waals surface area (Å²) in [5.41, 5.74) is 2.11. The Bertz CT molecular complexity index is 1060. The smallest absolute Gasteiger partial charge is 0.253 e. The van der Waals surface area contributed by atoms with Crippen LogP contribution in [0.1, 0.15) is 74.7 Å². The highest BCUT2D eigenvalue weighted by molar-refractivity contribution is 5.96. The van der Waals surface area contributed by atoms with E-state index in [1.54, 1.807) is 37.4 Å². The van der Waals surface area contributed by atoms with Crippen LogP contribution in [-0.4, -0.2) is 65.7 Å². The van der Waals surface area contributed by atoms with Crippen molar-refractivity contribution in [3.63, 3.8) is 0 Å². The van der Waals surface area contributed by atoms with E-state index in [1.807, 2.05) is 27.7 Å². The van der Waals surface area contributed by atoms with Crippen molar-refractivity contribution in [3.8, 4) is 11.3 Å². The summed E-state index contributed by atoms with van der Waals surface area (Å²) in [5.74, 6) is -0.341. The number of ketones is 3. The van der Waals surface area contributed by atoms with Crippen molar-refractivity contribution in [2.24, 2.45) is 11.8 Å². The van der Waals surface area contributed by atoms with Crippen LogP contribution in [-0.2, 0) is 19.1 Å². The van der Waals surface area contributed by atoms with Crippen LogP contribution in [0.25, 0.3) is 11.3 Å². The topological polar surface area (TPSA) is 125 Å². The second-order valence-corrected chi connectivity index (χ2v) is 9.72. The second kappa shape index (κ2) is 15.8. The van der Waals surface area contributed by atoms with Crippen molar-refractivity contribution in [1.29, 1.82) is 0 Å². The molecule has 0 bridgehead atoms. The fourth-order valence-corrected chi connectivity index (χ4v) is 3.36. The molecule has 0 aromatic carbocycles. The predicted octanol–water partition coefficient (Wildman–Crippen LogP) is 4.10. The van der Waals surface area contributed by atoms with E-state index in [1.165, 1.54) is 6.20 Å². The fourth-order valence-electron chi connectivity index (χ4n) is 3.36. The molecule has 0 aliphatic heterocycles. The summed E-state index contributed by atoms with van der Waals surface area (Å²) in [5, 5.41) is 2.89. The Morgan fingerprint density at radius 1 is 0.842 bits per heavy atom. The summed E-state index contributed by atoms with van der Waals surface area (Å²) >= 11 is 0. The van der Waals surface area contributed by atoms with Gasteiger partial charge in [-0.2, -0.15) is 0 Å². The molecule has 0 saturated carbocycles. The lowest BCUT2D eigenvalue weighted by molar-refractivity contribution is -0.123. The van der Waals surface area contributed by atoms with Gasteiger partial charge in [-0.1, -0.05) is 34.6 Å². The van der Waals surface area contributed by atoms with E-state index in [4.69, 9.17) is 9.47 Å². The third kappa shape index (κ3) is 10.2. The molecule has 2 aromatic rings. The van der Waals surface area contributed by atoms with E-state index < -0.39 is 6.04 Å². The number of aromatic nitrogens is 2. The number of carbonyl (C=O) groups is 4. The molecule has 1 atom stereocenters. The van der Waals surface area contributed by atoms with E-state index in [2.05, 4.69) is 15.3 Å². The Hall–Kier alpha value is -3.30. The van der Waals surface area contributed by atoms with Crippen molar-refractivity contribution < 1.29 is 28.7 Å². The normalized spacial score (nSPS) is 12.0. The van der Waals surface area contributed by atoms with Gasteiger partial charge < -0.3 is 14.8 Å². The number of ether oxygens (including phenoxy) is 2. The number of nitrogens with one attached hydrogen (secondary N) is 1. The lowest BCUT2D eigenvalue weighted by Crippen LogP contribution is -2.42. The summed E-state index contributed by atoms with van der Waals surface area (Å²) in [6, 6.07) is 6.36. The maximum Gasteiger partial charge on any atom is 0.253 e. The molecular weight excluding hydrogens is 486 g/mol. The van der Waals surface area contributed by atoms with E-state index in [0.717, 1.165) is 5.56 Å². The van der Waals surface area contributed by atoms with Crippen molar-refractivity contribution in [2.45, 2.75) is 59.9 Å². The van der Waals surface area contributed by atoms with E-state index in [0.29, 0.717) is 36.2 Å². The van der Waals surface area contributed by atoms with Crippen LogP contribution >= 0.6 is 0 Å². The fraction of sp³-hybridized carbons (Fsp3) is 0.517. The zero-order chi connectivity index (χ0) is 28.1. The van der Waals surface area contributed by atoms with E-state index >= 15 is 0 Å². The number of hydrogen-bond acceptors (Lipinski definition) is 8. The van der Waals surface area contributed by atoms with E-state index in [9.17, 15) is 19.2 Å². The van der Waals surface area contributed by atoms with Crippen molar-refractivity contribution >= 4 is 23.3 Å². The molecule has 0 spiro atoms. The summed E-state index contributed by atoms with van der Waals surface area (Å²) in [6.45, 7) is 9.99. The van der Waals surface area contributed by atoms with Gasteiger partial charge in [-0.15, -0.1) is 0 Å². The molecule has 2 aromatic heterocycles. The minimum atomic E-state index is -0.469. The minimum absolute atomic E-state index is 0.0254. The molecule has 1 amide bonds. The average Bonchev–Trinajstić information content (AvgIpc) is 2.92. The molecule has 206 valence electrons. The molecule has 9 heteroatoms. The van der Waals surface area contributed by atoms with Crippen molar-refractivity contribution in [2.75, 3.05) is 26.4 Å². The number of carbonyl (C=O) groups excluding carboxylic acids is 4. The lowest BCUT2D eigenvalue weighted by atomic mass is 10.0. The molecule has 1 unspecified atom stereocenters. The standard InChI is InChI=1S/C29H39N3O6/c1-6-24(33)11-13-37-17-23(18-38-14-12-27(34)19(2)3)32-29(36)22-8-9-25(30-16-22)21-7-10-26(31-15-21)28(35)20(4)5/h7-10,15-16,19-20,23H,6,11-14,17-18H2,1-5H3,(H,32,36). The van der Waals surface area contributed by atoms with Crippen LogP contribution in [0.2, 0.25) is 0 Å². The first-order valence-corrected chi connectivity index (χ1v) is 13.1. The Morgan fingerprint density at radius 2 is 1.53 bits per heavy atom. The number of pyridine rings is 2. The Morgan fingerprint density at radius 3 is 2.05 bits per heavy atom. The SMILES string of the molecule is CCC(=O)CCOCC(COCCC(=O)C(C)C)NC(=O)c1ccc(-c2ccc(C(=O)C(C)C)nc2)nc1.